The van der Waals surface area contributed by atoms with Crippen LogP contribution in [0, 0.1) is 11.8 Å². The molecule has 1 N–H and O–H groups in total. The van der Waals surface area contributed by atoms with E-state index in [1.54, 1.807) is 6.33 Å². The summed E-state index contributed by atoms with van der Waals surface area (Å²) in [5.74, 6) is 1.01. The first kappa shape index (κ1) is 14.8. The van der Waals surface area contributed by atoms with Gasteiger partial charge in [0.1, 0.15) is 6.33 Å². The number of nitrogens with one attached hydrogen (secondary N) is 1. The largest absolute Gasteiger partial charge is 0.369 e. The van der Waals surface area contributed by atoms with Gasteiger partial charge in [-0.15, -0.1) is 0 Å². The number of hydrogen-bond donors (Lipinski definition) is 1. The van der Waals surface area contributed by atoms with Gasteiger partial charge in [0, 0.05) is 25.6 Å². The fraction of sp³-hybridized carbons (Fsp3) is 0.667. The molecular formula is C15H24N4O. The lowest BCUT2D eigenvalue weighted by Crippen LogP contribution is -2.41. The van der Waals surface area contributed by atoms with Crippen molar-refractivity contribution in [3.05, 3.63) is 18.7 Å². The second-order valence-electron chi connectivity index (χ2n) is 5.83. The second kappa shape index (κ2) is 7.22. The van der Waals surface area contributed by atoms with E-state index in [-0.39, 0.29) is 11.8 Å². The molecule has 110 valence electrons. The van der Waals surface area contributed by atoms with E-state index in [9.17, 15) is 4.79 Å². The predicted octanol–water partition coefficient (Wildman–Crippen LogP) is 1.86. The zero-order valence-electron chi connectivity index (χ0n) is 12.4. The molecule has 0 aliphatic carbocycles. The molecule has 0 saturated carbocycles. The zero-order chi connectivity index (χ0) is 14.4. The average Bonchev–Trinajstić information content (AvgIpc) is 2.48. The molecule has 0 aromatic carbocycles. The van der Waals surface area contributed by atoms with Gasteiger partial charge in [-0.2, -0.15) is 0 Å². The van der Waals surface area contributed by atoms with E-state index >= 15 is 0 Å². The molecule has 5 heteroatoms. The van der Waals surface area contributed by atoms with Crippen LogP contribution in [0.25, 0.3) is 0 Å². The van der Waals surface area contributed by atoms with E-state index in [2.05, 4.69) is 34.0 Å². The van der Waals surface area contributed by atoms with E-state index < -0.39 is 0 Å². The number of carbonyl (C=O) groups excluding carboxylic acids is 1. The molecule has 0 bridgehead atoms. The first-order valence-corrected chi connectivity index (χ1v) is 7.44. The average molecular weight is 276 g/mol. The van der Waals surface area contributed by atoms with Crippen LogP contribution in [0.5, 0.6) is 0 Å². The van der Waals surface area contributed by atoms with Gasteiger partial charge in [0.25, 0.3) is 0 Å². The summed E-state index contributed by atoms with van der Waals surface area (Å²) in [6.45, 7) is 6.94. The summed E-state index contributed by atoms with van der Waals surface area (Å²) in [5.41, 5.74) is 1.05. The standard InChI is InChI=1S/C15H24N4O/c1-12(2)3-6-18-15(20)13-4-7-19(8-5-13)14-9-16-11-17-10-14/h9-13H,3-8H2,1-2H3,(H,18,20). The van der Waals surface area contributed by atoms with Crippen LogP contribution in [-0.2, 0) is 4.79 Å². The molecule has 5 nitrogen and oxygen atoms in total. The Morgan fingerprint density at radius 1 is 1.35 bits per heavy atom. The lowest BCUT2D eigenvalue weighted by Gasteiger charge is -2.32. The third-order valence-electron chi connectivity index (χ3n) is 3.80. The highest BCUT2D eigenvalue weighted by molar-refractivity contribution is 5.78. The van der Waals surface area contributed by atoms with Crippen LogP contribution in [-0.4, -0.2) is 35.5 Å². The lowest BCUT2D eigenvalue weighted by atomic mass is 9.95. The Labute approximate surface area is 120 Å². The maximum atomic E-state index is 12.1. The molecule has 1 amide bonds. The van der Waals surface area contributed by atoms with Crippen molar-refractivity contribution in [1.29, 1.82) is 0 Å². The SMILES string of the molecule is CC(C)CCNC(=O)C1CCN(c2cncnc2)CC1. The quantitative estimate of drug-likeness (QED) is 0.891. The first-order valence-electron chi connectivity index (χ1n) is 7.44. The minimum Gasteiger partial charge on any atom is -0.369 e. The number of rotatable bonds is 5. The van der Waals surface area contributed by atoms with Crippen molar-refractivity contribution >= 4 is 11.6 Å². The highest BCUT2D eigenvalue weighted by Crippen LogP contribution is 2.22. The second-order valence-corrected chi connectivity index (χ2v) is 5.83. The predicted molar refractivity (Wildman–Crippen MR) is 79.4 cm³/mol. The van der Waals surface area contributed by atoms with Gasteiger partial charge in [0.05, 0.1) is 18.1 Å². The lowest BCUT2D eigenvalue weighted by molar-refractivity contribution is -0.125. The van der Waals surface area contributed by atoms with Crippen molar-refractivity contribution in [2.45, 2.75) is 33.1 Å². The molecule has 1 fully saturated rings. The number of hydrogen-bond acceptors (Lipinski definition) is 4. The van der Waals surface area contributed by atoms with Crippen LogP contribution in [0.1, 0.15) is 33.1 Å². The third-order valence-corrected chi connectivity index (χ3v) is 3.80. The summed E-state index contributed by atoms with van der Waals surface area (Å²) >= 11 is 0. The Morgan fingerprint density at radius 2 is 2.00 bits per heavy atom. The Kier molecular flexibility index (Phi) is 5.32. The zero-order valence-corrected chi connectivity index (χ0v) is 12.4. The Bertz CT molecular complexity index is 413. The molecular weight excluding hydrogens is 252 g/mol. The summed E-state index contributed by atoms with van der Waals surface area (Å²) in [6.07, 6.45) is 8.06. The van der Waals surface area contributed by atoms with Gasteiger partial charge in [0.2, 0.25) is 5.91 Å². The smallest absolute Gasteiger partial charge is 0.223 e. The normalized spacial score (nSPS) is 16.4. The van der Waals surface area contributed by atoms with Crippen molar-refractivity contribution in [3.8, 4) is 0 Å². The van der Waals surface area contributed by atoms with Crippen LogP contribution >= 0.6 is 0 Å². The topological polar surface area (TPSA) is 58.1 Å². The highest BCUT2D eigenvalue weighted by Gasteiger charge is 2.24. The summed E-state index contributed by atoms with van der Waals surface area (Å²) in [4.78, 5) is 22.4. The number of nitrogens with zero attached hydrogens (tertiary/aromatic N) is 3. The Hall–Kier alpha value is -1.65. The fourth-order valence-corrected chi connectivity index (χ4v) is 2.48. The molecule has 2 heterocycles. The molecule has 1 aromatic heterocycles. The minimum absolute atomic E-state index is 0.156. The van der Waals surface area contributed by atoms with E-state index in [0.717, 1.165) is 44.6 Å². The molecule has 1 saturated heterocycles. The molecule has 0 spiro atoms. The van der Waals surface area contributed by atoms with E-state index in [1.165, 1.54) is 0 Å². The van der Waals surface area contributed by atoms with Crippen LogP contribution in [0.4, 0.5) is 5.69 Å². The molecule has 0 radical (unpaired) electrons. The summed E-state index contributed by atoms with van der Waals surface area (Å²) in [6, 6.07) is 0. The molecule has 1 aliphatic rings. The monoisotopic (exact) mass is 276 g/mol. The molecule has 1 aromatic rings. The molecule has 0 unspecified atom stereocenters. The van der Waals surface area contributed by atoms with Crippen LogP contribution in [0.2, 0.25) is 0 Å². The van der Waals surface area contributed by atoms with Gasteiger partial charge in [0.15, 0.2) is 0 Å². The highest BCUT2D eigenvalue weighted by atomic mass is 16.1. The molecule has 1 aliphatic heterocycles. The first-order chi connectivity index (χ1) is 9.66. The molecule has 20 heavy (non-hydrogen) atoms. The summed E-state index contributed by atoms with van der Waals surface area (Å²) in [7, 11) is 0. The number of anilines is 1. The fourth-order valence-electron chi connectivity index (χ4n) is 2.48. The number of aromatic nitrogens is 2. The number of carbonyl (C=O) groups is 1. The summed E-state index contributed by atoms with van der Waals surface area (Å²) in [5, 5.41) is 3.06. The van der Waals surface area contributed by atoms with E-state index in [1.807, 2.05) is 12.4 Å². The van der Waals surface area contributed by atoms with Gasteiger partial charge in [-0.25, -0.2) is 9.97 Å². The third kappa shape index (κ3) is 4.18. The van der Waals surface area contributed by atoms with E-state index in [0.29, 0.717) is 5.92 Å². The Morgan fingerprint density at radius 3 is 2.60 bits per heavy atom. The minimum atomic E-state index is 0.156. The molecule has 2 rings (SSSR count). The van der Waals surface area contributed by atoms with E-state index in [4.69, 9.17) is 0 Å². The van der Waals surface area contributed by atoms with Crippen LogP contribution in [0.3, 0.4) is 0 Å². The van der Waals surface area contributed by atoms with Gasteiger partial charge in [-0.05, 0) is 25.2 Å². The summed E-state index contributed by atoms with van der Waals surface area (Å²) < 4.78 is 0. The Balaban J connectivity index is 1.75. The van der Waals surface area contributed by atoms with Crippen molar-refractivity contribution in [1.82, 2.24) is 15.3 Å². The maximum Gasteiger partial charge on any atom is 0.223 e. The van der Waals surface area contributed by atoms with Gasteiger partial charge in [-0.1, -0.05) is 13.8 Å². The molecule has 0 atom stereocenters. The number of amides is 1. The maximum absolute atomic E-state index is 12.1. The van der Waals surface area contributed by atoms with Crippen molar-refractivity contribution in [2.24, 2.45) is 11.8 Å². The van der Waals surface area contributed by atoms with Gasteiger partial charge < -0.3 is 10.2 Å². The number of piperidine rings is 1. The van der Waals surface area contributed by atoms with Crippen LogP contribution in [0.15, 0.2) is 18.7 Å². The van der Waals surface area contributed by atoms with Crippen molar-refractivity contribution in [3.63, 3.8) is 0 Å². The van der Waals surface area contributed by atoms with Gasteiger partial charge >= 0.3 is 0 Å². The van der Waals surface area contributed by atoms with Gasteiger partial charge in [-0.3, -0.25) is 4.79 Å². The van der Waals surface area contributed by atoms with Crippen LogP contribution < -0.4 is 10.2 Å². The van der Waals surface area contributed by atoms with Crippen molar-refractivity contribution in [2.75, 3.05) is 24.5 Å². The van der Waals surface area contributed by atoms with Crippen molar-refractivity contribution < 1.29 is 4.79 Å².